The molecule has 0 bridgehead atoms. The van der Waals surface area contributed by atoms with Crippen molar-refractivity contribution in [1.29, 1.82) is 0 Å². The molecule has 5 heteroatoms. The summed E-state index contributed by atoms with van der Waals surface area (Å²) in [7, 11) is 0. The van der Waals surface area contributed by atoms with E-state index in [0.29, 0.717) is 11.1 Å². The van der Waals surface area contributed by atoms with E-state index in [1.54, 1.807) is 6.07 Å². The normalized spacial score (nSPS) is 20.2. The number of hydrogen-bond acceptors (Lipinski definition) is 3. The highest BCUT2D eigenvalue weighted by Crippen LogP contribution is 2.21. The fourth-order valence-electron chi connectivity index (χ4n) is 2.30. The Labute approximate surface area is 105 Å². The first kappa shape index (κ1) is 11.0. The fourth-order valence-corrected chi connectivity index (χ4v) is 2.44. The van der Waals surface area contributed by atoms with Gasteiger partial charge in [0.15, 0.2) is 5.65 Å². The van der Waals surface area contributed by atoms with E-state index in [1.165, 1.54) is 0 Å². The minimum atomic E-state index is 0.515. The molecule has 0 aromatic carbocycles. The largest absolute Gasteiger partial charge is 0.381 e. The molecule has 3 rings (SSSR count). The molecule has 0 amide bonds. The topological polar surface area (TPSA) is 39.9 Å². The third-order valence-electron chi connectivity index (χ3n) is 3.21. The summed E-state index contributed by atoms with van der Waals surface area (Å²) in [6.07, 6.45) is 1.11. The molecule has 0 radical (unpaired) electrons. The van der Waals surface area contributed by atoms with E-state index in [-0.39, 0.29) is 0 Å². The number of pyridine rings is 1. The van der Waals surface area contributed by atoms with Crippen molar-refractivity contribution in [3.8, 4) is 0 Å². The van der Waals surface area contributed by atoms with E-state index in [1.807, 2.05) is 13.0 Å². The van der Waals surface area contributed by atoms with Gasteiger partial charge in [0, 0.05) is 19.1 Å². The Kier molecular flexibility index (Phi) is 2.76. The van der Waals surface area contributed by atoms with E-state index < -0.39 is 0 Å². The smallest absolute Gasteiger partial charge is 0.161 e. The molecule has 1 saturated heterocycles. The maximum atomic E-state index is 5.94. The predicted octanol–water partition coefficient (Wildman–Crippen LogP) is 2.43. The lowest BCUT2D eigenvalue weighted by molar-refractivity contribution is 0.182. The maximum absolute atomic E-state index is 5.94. The van der Waals surface area contributed by atoms with Gasteiger partial charge in [-0.25, -0.2) is 9.97 Å². The van der Waals surface area contributed by atoms with Gasteiger partial charge in [-0.15, -0.1) is 0 Å². The molecule has 0 aliphatic carbocycles. The summed E-state index contributed by atoms with van der Waals surface area (Å²) < 4.78 is 7.54. The van der Waals surface area contributed by atoms with Crippen LogP contribution >= 0.6 is 11.6 Å². The van der Waals surface area contributed by atoms with Gasteiger partial charge in [0.2, 0.25) is 0 Å². The summed E-state index contributed by atoms with van der Waals surface area (Å²) in [5, 5.41) is 0.515. The molecule has 1 aliphatic rings. The van der Waals surface area contributed by atoms with Crippen LogP contribution in [-0.4, -0.2) is 27.7 Å². The van der Waals surface area contributed by atoms with Crippen molar-refractivity contribution in [2.24, 2.45) is 5.92 Å². The first-order valence-corrected chi connectivity index (χ1v) is 6.19. The van der Waals surface area contributed by atoms with E-state index in [9.17, 15) is 0 Å². The summed E-state index contributed by atoms with van der Waals surface area (Å²) >= 11 is 5.94. The molecule has 1 atom stereocenters. The summed E-state index contributed by atoms with van der Waals surface area (Å²) in [6.45, 7) is 4.62. The Balaban J connectivity index is 2.01. The van der Waals surface area contributed by atoms with Crippen molar-refractivity contribution in [2.75, 3.05) is 13.2 Å². The molecule has 0 saturated carbocycles. The van der Waals surface area contributed by atoms with Crippen molar-refractivity contribution < 1.29 is 4.74 Å². The van der Waals surface area contributed by atoms with Crippen LogP contribution in [0.2, 0.25) is 5.15 Å². The lowest BCUT2D eigenvalue weighted by atomic mass is 10.1. The van der Waals surface area contributed by atoms with Crippen molar-refractivity contribution >= 4 is 22.8 Å². The third-order valence-corrected chi connectivity index (χ3v) is 3.42. The van der Waals surface area contributed by atoms with Gasteiger partial charge in [-0.2, -0.15) is 0 Å². The standard InChI is InChI=1S/C12H14ClN3O/c1-8-14-10-2-3-11(13)15-12(10)16(8)6-9-4-5-17-7-9/h2-3,9H,4-7H2,1H3/t9-/m1/s1. The SMILES string of the molecule is Cc1nc2ccc(Cl)nc2n1C[C@H]1CCOC1. The Morgan fingerprint density at radius 2 is 2.35 bits per heavy atom. The van der Waals surface area contributed by atoms with Gasteiger partial charge in [-0.05, 0) is 25.5 Å². The number of aryl methyl sites for hydroxylation is 1. The molecule has 1 aliphatic heterocycles. The van der Waals surface area contributed by atoms with Gasteiger partial charge in [0.05, 0.1) is 6.61 Å². The van der Waals surface area contributed by atoms with Crippen LogP contribution in [0.15, 0.2) is 12.1 Å². The Hall–Kier alpha value is -1.13. The molecular weight excluding hydrogens is 238 g/mol. The molecule has 4 nitrogen and oxygen atoms in total. The lowest BCUT2D eigenvalue weighted by Crippen LogP contribution is -2.12. The van der Waals surface area contributed by atoms with Gasteiger partial charge in [0.1, 0.15) is 16.5 Å². The van der Waals surface area contributed by atoms with Gasteiger partial charge < -0.3 is 9.30 Å². The first-order chi connectivity index (χ1) is 8.24. The molecule has 0 N–H and O–H groups in total. The quantitative estimate of drug-likeness (QED) is 0.770. The van der Waals surface area contributed by atoms with Gasteiger partial charge >= 0.3 is 0 Å². The summed E-state index contributed by atoms with van der Waals surface area (Å²) in [5.74, 6) is 1.55. The monoisotopic (exact) mass is 251 g/mol. The maximum Gasteiger partial charge on any atom is 0.161 e. The number of rotatable bonds is 2. The number of nitrogens with zero attached hydrogens (tertiary/aromatic N) is 3. The fraction of sp³-hybridized carbons (Fsp3) is 0.500. The molecule has 0 spiro atoms. The number of fused-ring (bicyclic) bond motifs is 1. The minimum absolute atomic E-state index is 0.515. The second-order valence-corrected chi connectivity index (χ2v) is 4.86. The summed E-state index contributed by atoms with van der Waals surface area (Å²) in [4.78, 5) is 8.86. The highest BCUT2D eigenvalue weighted by molar-refractivity contribution is 6.29. The zero-order valence-corrected chi connectivity index (χ0v) is 10.4. The number of hydrogen-bond donors (Lipinski definition) is 0. The molecule has 90 valence electrons. The highest BCUT2D eigenvalue weighted by atomic mass is 35.5. The summed E-state index contributed by atoms with van der Waals surface area (Å²) in [5.41, 5.74) is 1.78. The molecule has 3 heterocycles. The van der Waals surface area contributed by atoms with Gasteiger partial charge in [0.25, 0.3) is 0 Å². The molecule has 2 aromatic heterocycles. The number of halogens is 1. The van der Waals surface area contributed by atoms with Crippen molar-refractivity contribution in [2.45, 2.75) is 19.9 Å². The average molecular weight is 252 g/mol. The van der Waals surface area contributed by atoms with E-state index in [4.69, 9.17) is 16.3 Å². The molecule has 2 aromatic rings. The molecule has 1 fully saturated rings. The van der Waals surface area contributed by atoms with E-state index in [2.05, 4.69) is 14.5 Å². The Bertz CT molecular complexity index is 546. The highest BCUT2D eigenvalue weighted by Gasteiger charge is 2.19. The van der Waals surface area contributed by atoms with Crippen molar-refractivity contribution in [3.05, 3.63) is 23.1 Å². The molecular formula is C12H14ClN3O. The average Bonchev–Trinajstić information content (AvgIpc) is 2.90. The van der Waals surface area contributed by atoms with Crippen LogP contribution in [0.4, 0.5) is 0 Å². The van der Waals surface area contributed by atoms with Gasteiger partial charge in [-0.1, -0.05) is 11.6 Å². The van der Waals surface area contributed by atoms with Crippen molar-refractivity contribution in [1.82, 2.24) is 14.5 Å². The van der Waals surface area contributed by atoms with Crippen LogP contribution in [-0.2, 0) is 11.3 Å². The van der Waals surface area contributed by atoms with E-state index in [0.717, 1.165) is 43.2 Å². The second kappa shape index (κ2) is 4.27. The number of imidazole rings is 1. The summed E-state index contributed by atoms with van der Waals surface area (Å²) in [6, 6.07) is 3.69. The van der Waals surface area contributed by atoms with Crippen LogP contribution < -0.4 is 0 Å². The minimum Gasteiger partial charge on any atom is -0.381 e. The van der Waals surface area contributed by atoms with E-state index >= 15 is 0 Å². The van der Waals surface area contributed by atoms with Crippen LogP contribution in [0.3, 0.4) is 0 Å². The molecule has 17 heavy (non-hydrogen) atoms. The van der Waals surface area contributed by atoms with Crippen LogP contribution in [0.5, 0.6) is 0 Å². The number of aromatic nitrogens is 3. The van der Waals surface area contributed by atoms with Crippen molar-refractivity contribution in [3.63, 3.8) is 0 Å². The lowest BCUT2D eigenvalue weighted by Gasteiger charge is -2.10. The third kappa shape index (κ3) is 2.03. The van der Waals surface area contributed by atoms with Crippen LogP contribution in [0.25, 0.3) is 11.2 Å². The second-order valence-electron chi connectivity index (χ2n) is 4.48. The Morgan fingerprint density at radius 3 is 3.12 bits per heavy atom. The van der Waals surface area contributed by atoms with Crippen LogP contribution in [0, 0.1) is 12.8 Å². The van der Waals surface area contributed by atoms with Gasteiger partial charge in [-0.3, -0.25) is 0 Å². The first-order valence-electron chi connectivity index (χ1n) is 5.81. The zero-order chi connectivity index (χ0) is 11.8. The molecule has 0 unspecified atom stereocenters. The number of ether oxygens (including phenoxy) is 1. The Morgan fingerprint density at radius 1 is 1.47 bits per heavy atom. The predicted molar refractivity (Wildman–Crippen MR) is 66.2 cm³/mol. The zero-order valence-electron chi connectivity index (χ0n) is 9.69. The van der Waals surface area contributed by atoms with Crippen LogP contribution in [0.1, 0.15) is 12.2 Å².